The van der Waals surface area contributed by atoms with E-state index in [1.54, 1.807) is 10.9 Å². The highest BCUT2D eigenvalue weighted by atomic mass is 19.1. The van der Waals surface area contributed by atoms with Crippen LogP contribution in [0, 0.1) is 11.2 Å². The number of halogens is 1. The minimum absolute atomic E-state index is 0.0187. The van der Waals surface area contributed by atoms with E-state index >= 15 is 4.39 Å². The van der Waals surface area contributed by atoms with E-state index in [9.17, 15) is 5.11 Å². The quantitative estimate of drug-likeness (QED) is 0.356. The third-order valence-corrected chi connectivity index (χ3v) is 5.60. The highest BCUT2D eigenvalue weighted by molar-refractivity contribution is 5.86. The average molecular weight is 488 g/mol. The summed E-state index contributed by atoms with van der Waals surface area (Å²) in [4.78, 5) is 10.7. The van der Waals surface area contributed by atoms with E-state index in [-0.39, 0.29) is 30.3 Å². The molecule has 0 unspecified atom stereocenters. The van der Waals surface area contributed by atoms with Gasteiger partial charge in [0.2, 0.25) is 5.95 Å². The molecule has 1 aromatic carbocycles. The molecule has 0 aliphatic carbocycles. The number of rotatable bonds is 12. The van der Waals surface area contributed by atoms with E-state index in [2.05, 4.69) is 48.1 Å². The fraction of sp³-hybridized carbons (Fsp3) is 0.560. The lowest BCUT2D eigenvalue weighted by Gasteiger charge is -2.22. The molecule has 0 bridgehead atoms. The summed E-state index contributed by atoms with van der Waals surface area (Å²) < 4.78 is 22.3. The molecule has 4 N–H and O–H groups in total. The van der Waals surface area contributed by atoms with Crippen LogP contribution in [0.3, 0.4) is 0 Å². The molecule has 2 heterocycles. The van der Waals surface area contributed by atoms with Crippen LogP contribution in [-0.2, 0) is 13.1 Å². The van der Waals surface area contributed by atoms with Crippen molar-refractivity contribution in [3.05, 3.63) is 35.3 Å². The predicted molar refractivity (Wildman–Crippen MR) is 137 cm³/mol. The number of nitrogens with zero attached hydrogens (tertiary/aromatic N) is 5. The van der Waals surface area contributed by atoms with Crippen LogP contribution in [-0.4, -0.2) is 58.2 Å². The van der Waals surface area contributed by atoms with Gasteiger partial charge in [-0.15, -0.1) is 0 Å². The average Bonchev–Trinajstić information content (AvgIpc) is 3.19. The second-order valence-electron chi connectivity index (χ2n) is 9.95. The number of nitrogens with one attached hydrogen (secondary N) is 1. The molecular weight excluding hydrogens is 449 g/mol. The summed E-state index contributed by atoms with van der Waals surface area (Å²) >= 11 is 0. The van der Waals surface area contributed by atoms with E-state index in [4.69, 9.17) is 10.5 Å². The van der Waals surface area contributed by atoms with Gasteiger partial charge >= 0.3 is 0 Å². The smallest absolute Gasteiger partial charge is 0.222 e. The number of methoxy groups -OCH3 is 1. The van der Waals surface area contributed by atoms with Crippen molar-refractivity contribution in [2.45, 2.75) is 53.6 Å². The Balaban J connectivity index is 1.90. The van der Waals surface area contributed by atoms with Gasteiger partial charge in [0, 0.05) is 26.2 Å². The maximum atomic E-state index is 15.2. The molecule has 3 rings (SSSR count). The number of nitrogen functional groups attached to an aromatic ring is 1. The van der Waals surface area contributed by atoms with Gasteiger partial charge in [-0.3, -0.25) is 4.68 Å². The van der Waals surface area contributed by atoms with Crippen molar-refractivity contribution < 1.29 is 14.2 Å². The lowest BCUT2D eigenvalue weighted by molar-refractivity contribution is 0.301. The molecule has 0 saturated carbocycles. The van der Waals surface area contributed by atoms with E-state index in [0.29, 0.717) is 47.8 Å². The summed E-state index contributed by atoms with van der Waals surface area (Å²) in [6.45, 7) is 11.2. The number of unbranched alkanes of at least 4 members (excludes halogenated alkanes) is 1. The van der Waals surface area contributed by atoms with Crippen LogP contribution in [0.25, 0.3) is 11.0 Å². The number of hydrogen-bond acceptors (Lipinski definition) is 8. The van der Waals surface area contributed by atoms with Crippen molar-refractivity contribution in [2.75, 3.05) is 44.0 Å². The fourth-order valence-electron chi connectivity index (χ4n) is 3.90. The Morgan fingerprint density at radius 3 is 2.66 bits per heavy atom. The van der Waals surface area contributed by atoms with Gasteiger partial charge in [-0.25, -0.2) is 9.37 Å². The van der Waals surface area contributed by atoms with Gasteiger partial charge in [-0.05, 0) is 29.5 Å². The van der Waals surface area contributed by atoms with Crippen LogP contribution < -0.4 is 20.7 Å². The number of fused-ring (bicyclic) bond motifs is 1. The van der Waals surface area contributed by atoms with Gasteiger partial charge in [-0.1, -0.05) is 34.1 Å². The van der Waals surface area contributed by atoms with Crippen molar-refractivity contribution in [3.8, 4) is 5.75 Å². The molecule has 2 aromatic heterocycles. The first-order chi connectivity index (χ1) is 16.6. The highest BCUT2D eigenvalue weighted by Crippen LogP contribution is 2.28. The molecule has 0 saturated heterocycles. The minimum Gasteiger partial charge on any atom is -0.496 e. The first-order valence-electron chi connectivity index (χ1n) is 12.1. The summed E-state index contributed by atoms with van der Waals surface area (Å²) in [7, 11) is 1.54. The summed E-state index contributed by atoms with van der Waals surface area (Å²) in [5.74, 6) is 0.809. The first kappa shape index (κ1) is 26.6. The SMILES string of the molecule is CCCCN(CCO)c1nc(N)nc2cn(Cc3c(F)cc(CNCC(C)(C)C)cc3OC)nc12. The second kappa shape index (κ2) is 11.6. The molecule has 0 amide bonds. The number of hydrogen-bond donors (Lipinski definition) is 3. The zero-order chi connectivity index (χ0) is 25.6. The molecule has 35 heavy (non-hydrogen) atoms. The Hall–Kier alpha value is -2.98. The molecule has 0 atom stereocenters. The zero-order valence-corrected chi connectivity index (χ0v) is 21.4. The molecule has 0 aliphatic rings. The third-order valence-electron chi connectivity index (χ3n) is 5.60. The van der Waals surface area contributed by atoms with E-state index < -0.39 is 0 Å². The number of aromatic nitrogens is 4. The number of aliphatic hydroxyl groups excluding tert-OH is 1. The standard InChI is InChI=1S/C25H38FN7O2/c1-6-7-8-32(9-10-34)23-22-20(29-24(27)30-23)15-33(31-22)14-18-19(26)11-17(12-21(18)35-5)13-28-16-25(2,3)4/h11-12,15,28,34H,6-10,13-14,16H2,1-5H3,(H2,27,29). The molecule has 0 radical (unpaired) electrons. The fourth-order valence-corrected chi connectivity index (χ4v) is 3.90. The summed E-state index contributed by atoms with van der Waals surface area (Å²) in [5.41, 5.74) is 8.45. The molecule has 0 aliphatic heterocycles. The maximum absolute atomic E-state index is 15.2. The number of aliphatic hydroxyl groups is 1. The van der Waals surface area contributed by atoms with Gasteiger partial charge in [-0.2, -0.15) is 10.1 Å². The Morgan fingerprint density at radius 2 is 2.00 bits per heavy atom. The largest absolute Gasteiger partial charge is 0.496 e. The predicted octanol–water partition coefficient (Wildman–Crippen LogP) is 3.34. The van der Waals surface area contributed by atoms with Crippen LogP contribution in [0.2, 0.25) is 0 Å². The van der Waals surface area contributed by atoms with Crippen molar-refractivity contribution in [1.29, 1.82) is 0 Å². The van der Waals surface area contributed by atoms with Gasteiger partial charge in [0.05, 0.1) is 32.0 Å². The van der Waals surface area contributed by atoms with Gasteiger partial charge in [0.1, 0.15) is 17.1 Å². The van der Waals surface area contributed by atoms with Crippen molar-refractivity contribution in [3.63, 3.8) is 0 Å². The zero-order valence-electron chi connectivity index (χ0n) is 21.4. The highest BCUT2D eigenvalue weighted by Gasteiger charge is 2.19. The van der Waals surface area contributed by atoms with E-state index in [1.807, 2.05) is 11.0 Å². The number of anilines is 2. The van der Waals surface area contributed by atoms with Crippen LogP contribution in [0.15, 0.2) is 18.3 Å². The second-order valence-corrected chi connectivity index (χ2v) is 9.95. The Bertz CT molecular complexity index is 1130. The van der Waals surface area contributed by atoms with Gasteiger partial charge in [0.25, 0.3) is 0 Å². The van der Waals surface area contributed by atoms with Crippen LogP contribution >= 0.6 is 0 Å². The Kier molecular flexibility index (Phi) is 8.85. The summed E-state index contributed by atoms with van der Waals surface area (Å²) in [6, 6.07) is 3.39. The van der Waals surface area contributed by atoms with Crippen molar-refractivity contribution in [1.82, 2.24) is 25.1 Å². The van der Waals surface area contributed by atoms with E-state index in [0.717, 1.165) is 24.9 Å². The molecule has 192 valence electrons. The number of nitrogens with two attached hydrogens (primary N) is 1. The molecule has 0 fully saturated rings. The van der Waals surface area contributed by atoms with Crippen molar-refractivity contribution in [2.24, 2.45) is 5.41 Å². The minimum atomic E-state index is -0.355. The number of ether oxygens (including phenoxy) is 1. The first-order valence-corrected chi connectivity index (χ1v) is 12.1. The normalized spacial score (nSPS) is 11.9. The van der Waals surface area contributed by atoms with Crippen molar-refractivity contribution >= 4 is 22.8 Å². The Morgan fingerprint density at radius 1 is 1.23 bits per heavy atom. The Labute approximate surface area is 206 Å². The summed E-state index contributed by atoms with van der Waals surface area (Å²) in [6.07, 6.45) is 3.66. The van der Waals surface area contributed by atoms with E-state index in [1.165, 1.54) is 13.2 Å². The van der Waals surface area contributed by atoms with Crippen LogP contribution in [0.1, 0.15) is 51.7 Å². The van der Waals surface area contributed by atoms with Crippen LogP contribution in [0.5, 0.6) is 5.75 Å². The number of benzene rings is 1. The molecule has 0 spiro atoms. The molecule has 10 heteroatoms. The summed E-state index contributed by atoms with van der Waals surface area (Å²) in [5, 5.41) is 17.6. The maximum Gasteiger partial charge on any atom is 0.222 e. The topological polar surface area (TPSA) is 114 Å². The molecular formula is C25H38FN7O2. The lowest BCUT2D eigenvalue weighted by Crippen LogP contribution is -2.29. The van der Waals surface area contributed by atoms with Gasteiger partial charge < -0.3 is 25.8 Å². The molecule has 3 aromatic rings. The monoisotopic (exact) mass is 487 g/mol. The molecule has 9 nitrogen and oxygen atoms in total. The third kappa shape index (κ3) is 7.02. The van der Waals surface area contributed by atoms with Gasteiger partial charge in [0.15, 0.2) is 11.3 Å². The van der Waals surface area contributed by atoms with Crippen LogP contribution in [0.4, 0.5) is 16.2 Å². The lowest BCUT2D eigenvalue weighted by atomic mass is 9.97.